The summed E-state index contributed by atoms with van der Waals surface area (Å²) in [5, 5.41) is 15.3. The number of rotatable bonds is 6. The van der Waals surface area contributed by atoms with Gasteiger partial charge in [-0.15, -0.1) is 12.4 Å². The summed E-state index contributed by atoms with van der Waals surface area (Å²) in [6, 6.07) is 4.15. The van der Waals surface area contributed by atoms with Gasteiger partial charge in [-0.2, -0.15) is 13.2 Å². The first-order chi connectivity index (χ1) is 11.4. The molecule has 2 atom stereocenters. The fourth-order valence-corrected chi connectivity index (χ4v) is 2.06. The van der Waals surface area contributed by atoms with Crippen LogP contribution < -0.4 is 15.4 Å². The normalized spacial score (nSPS) is 18.8. The lowest BCUT2D eigenvalue weighted by atomic mass is 10.2. The SMILES string of the molecule is Cl.O=C(NCC(O)COc1ccc(C(F)(F)F)cc1)C1CNCCO1. The van der Waals surface area contributed by atoms with Gasteiger partial charge in [-0.3, -0.25) is 4.79 Å². The third kappa shape index (κ3) is 7.07. The van der Waals surface area contributed by atoms with Gasteiger partial charge in [0.15, 0.2) is 0 Å². The second-order valence-corrected chi connectivity index (χ2v) is 5.30. The number of morpholine rings is 1. The van der Waals surface area contributed by atoms with Crippen molar-refractivity contribution in [2.45, 2.75) is 18.4 Å². The topological polar surface area (TPSA) is 79.8 Å². The number of hydrogen-bond donors (Lipinski definition) is 3. The Bertz CT molecular complexity index is 537. The highest BCUT2D eigenvalue weighted by atomic mass is 35.5. The number of halogens is 4. The van der Waals surface area contributed by atoms with E-state index in [0.717, 1.165) is 12.1 Å². The van der Waals surface area contributed by atoms with Gasteiger partial charge in [-0.05, 0) is 24.3 Å². The maximum Gasteiger partial charge on any atom is 0.416 e. The molecule has 2 unspecified atom stereocenters. The van der Waals surface area contributed by atoms with E-state index < -0.39 is 23.9 Å². The summed E-state index contributed by atoms with van der Waals surface area (Å²) >= 11 is 0. The molecule has 1 heterocycles. The monoisotopic (exact) mass is 384 g/mol. The first-order valence-electron chi connectivity index (χ1n) is 7.44. The Kier molecular flexibility index (Phi) is 8.43. The quantitative estimate of drug-likeness (QED) is 0.681. The van der Waals surface area contributed by atoms with Crippen LogP contribution in [0.4, 0.5) is 13.2 Å². The molecule has 0 radical (unpaired) electrons. The van der Waals surface area contributed by atoms with Crippen molar-refractivity contribution in [1.29, 1.82) is 0 Å². The maximum atomic E-state index is 12.4. The van der Waals surface area contributed by atoms with Crippen LogP contribution in [0.1, 0.15) is 5.56 Å². The van der Waals surface area contributed by atoms with E-state index in [9.17, 15) is 23.1 Å². The van der Waals surface area contributed by atoms with Crippen molar-refractivity contribution in [3.05, 3.63) is 29.8 Å². The number of carbonyl (C=O) groups is 1. The van der Waals surface area contributed by atoms with Gasteiger partial charge in [-0.25, -0.2) is 0 Å². The molecule has 0 aliphatic carbocycles. The smallest absolute Gasteiger partial charge is 0.416 e. The number of aliphatic hydroxyl groups excluding tert-OH is 1. The lowest BCUT2D eigenvalue weighted by Crippen LogP contribution is -2.49. The van der Waals surface area contributed by atoms with Crippen molar-refractivity contribution >= 4 is 18.3 Å². The van der Waals surface area contributed by atoms with Crippen molar-refractivity contribution in [3.8, 4) is 5.75 Å². The second kappa shape index (κ2) is 9.81. The molecule has 0 bridgehead atoms. The molecule has 1 aliphatic heterocycles. The summed E-state index contributed by atoms with van der Waals surface area (Å²) < 4.78 is 47.7. The van der Waals surface area contributed by atoms with Gasteiger partial charge >= 0.3 is 6.18 Å². The first kappa shape index (κ1) is 21.5. The van der Waals surface area contributed by atoms with Crippen LogP contribution in [-0.2, 0) is 15.7 Å². The zero-order valence-electron chi connectivity index (χ0n) is 13.2. The molecule has 0 aromatic heterocycles. The largest absolute Gasteiger partial charge is 0.491 e. The average molecular weight is 385 g/mol. The number of alkyl halides is 3. The summed E-state index contributed by atoms with van der Waals surface area (Å²) in [5.74, 6) is -0.135. The van der Waals surface area contributed by atoms with E-state index >= 15 is 0 Å². The molecule has 1 aromatic carbocycles. The van der Waals surface area contributed by atoms with E-state index in [1.165, 1.54) is 12.1 Å². The molecule has 1 fully saturated rings. The second-order valence-electron chi connectivity index (χ2n) is 5.30. The number of carbonyl (C=O) groups excluding carboxylic acids is 1. The highest BCUT2D eigenvalue weighted by molar-refractivity contribution is 5.85. The van der Waals surface area contributed by atoms with E-state index in [4.69, 9.17) is 9.47 Å². The Labute approximate surface area is 149 Å². The molecule has 1 aromatic rings. The zero-order valence-corrected chi connectivity index (χ0v) is 14.0. The number of hydrogen-bond acceptors (Lipinski definition) is 5. The van der Waals surface area contributed by atoms with Crippen molar-refractivity contribution < 1.29 is 32.5 Å². The van der Waals surface area contributed by atoms with Crippen LogP contribution in [0, 0.1) is 0 Å². The number of aliphatic hydroxyl groups is 1. The van der Waals surface area contributed by atoms with E-state index in [-0.39, 0.29) is 37.2 Å². The van der Waals surface area contributed by atoms with Crippen molar-refractivity contribution in [3.63, 3.8) is 0 Å². The van der Waals surface area contributed by atoms with Gasteiger partial charge in [-0.1, -0.05) is 0 Å². The van der Waals surface area contributed by atoms with Crippen molar-refractivity contribution in [2.24, 2.45) is 0 Å². The predicted molar refractivity (Wildman–Crippen MR) is 85.8 cm³/mol. The fourth-order valence-electron chi connectivity index (χ4n) is 2.06. The standard InChI is InChI=1S/C15H19F3N2O4.ClH/c16-15(17,18)10-1-3-12(4-2-10)24-9-11(21)7-20-14(22)13-8-19-5-6-23-13;/h1-4,11,13,19,21H,5-9H2,(H,20,22);1H. The molecule has 1 amide bonds. The van der Waals surface area contributed by atoms with E-state index in [1.807, 2.05) is 0 Å². The Hall–Kier alpha value is -1.55. The van der Waals surface area contributed by atoms with Crippen LogP contribution in [0.5, 0.6) is 5.75 Å². The third-order valence-electron chi connectivity index (χ3n) is 3.36. The summed E-state index contributed by atoms with van der Waals surface area (Å²) in [7, 11) is 0. The van der Waals surface area contributed by atoms with Crippen molar-refractivity contribution in [1.82, 2.24) is 10.6 Å². The van der Waals surface area contributed by atoms with Crippen LogP contribution in [-0.4, -0.2) is 56.1 Å². The van der Waals surface area contributed by atoms with Crippen molar-refractivity contribution in [2.75, 3.05) is 32.8 Å². The van der Waals surface area contributed by atoms with Crippen LogP contribution in [0.3, 0.4) is 0 Å². The van der Waals surface area contributed by atoms with Crippen LogP contribution in [0.15, 0.2) is 24.3 Å². The van der Waals surface area contributed by atoms with Gasteiger partial charge < -0.3 is 25.2 Å². The van der Waals surface area contributed by atoms with Gasteiger partial charge in [0.25, 0.3) is 5.91 Å². The molecular weight excluding hydrogens is 365 g/mol. The molecule has 6 nitrogen and oxygen atoms in total. The minimum absolute atomic E-state index is 0. The highest BCUT2D eigenvalue weighted by Gasteiger charge is 2.30. The molecule has 10 heteroatoms. The lowest BCUT2D eigenvalue weighted by Gasteiger charge is -2.23. The van der Waals surface area contributed by atoms with Crippen LogP contribution in [0.2, 0.25) is 0 Å². The molecule has 1 saturated heterocycles. The summed E-state index contributed by atoms with van der Waals surface area (Å²) in [6.07, 6.45) is -5.99. The van der Waals surface area contributed by atoms with E-state index in [2.05, 4.69) is 10.6 Å². The summed E-state index contributed by atoms with van der Waals surface area (Å²) in [5.41, 5.74) is -0.774. The molecule has 0 saturated carbocycles. The fraction of sp³-hybridized carbons (Fsp3) is 0.533. The van der Waals surface area contributed by atoms with E-state index in [1.54, 1.807) is 0 Å². The predicted octanol–water partition coefficient (Wildman–Crippen LogP) is 0.971. The molecule has 0 spiro atoms. The molecule has 2 rings (SSSR count). The first-order valence-corrected chi connectivity index (χ1v) is 7.44. The molecule has 1 aliphatic rings. The Morgan fingerprint density at radius 1 is 1.40 bits per heavy atom. The summed E-state index contributed by atoms with van der Waals surface area (Å²) in [6.45, 7) is 1.34. The zero-order chi connectivity index (χ0) is 17.6. The van der Waals surface area contributed by atoms with Gasteiger partial charge in [0.2, 0.25) is 0 Å². The number of ether oxygens (including phenoxy) is 2. The Balaban J connectivity index is 0.00000312. The number of benzene rings is 1. The van der Waals surface area contributed by atoms with Crippen LogP contribution >= 0.6 is 12.4 Å². The van der Waals surface area contributed by atoms with Gasteiger partial charge in [0, 0.05) is 19.6 Å². The Morgan fingerprint density at radius 2 is 2.08 bits per heavy atom. The maximum absolute atomic E-state index is 12.4. The average Bonchev–Trinajstić information content (AvgIpc) is 2.58. The molecule has 142 valence electrons. The van der Waals surface area contributed by atoms with Gasteiger partial charge in [0.05, 0.1) is 12.2 Å². The van der Waals surface area contributed by atoms with E-state index in [0.29, 0.717) is 19.7 Å². The third-order valence-corrected chi connectivity index (χ3v) is 3.36. The highest BCUT2D eigenvalue weighted by Crippen LogP contribution is 2.30. The van der Waals surface area contributed by atoms with Gasteiger partial charge in [0.1, 0.15) is 24.6 Å². The number of nitrogens with one attached hydrogen (secondary N) is 2. The minimum Gasteiger partial charge on any atom is -0.491 e. The molecule has 25 heavy (non-hydrogen) atoms. The lowest BCUT2D eigenvalue weighted by molar-refractivity contribution is -0.137. The molecular formula is C15H20ClF3N2O4. The molecule has 3 N–H and O–H groups in total. The number of amides is 1. The summed E-state index contributed by atoms with van der Waals surface area (Å²) in [4.78, 5) is 11.8. The Morgan fingerprint density at radius 3 is 2.64 bits per heavy atom. The minimum atomic E-state index is -4.40. The van der Waals surface area contributed by atoms with Crippen LogP contribution in [0.25, 0.3) is 0 Å².